The number of fused-ring (bicyclic) bond motifs is 1. The Morgan fingerprint density at radius 1 is 1.47 bits per heavy atom. The highest BCUT2D eigenvalue weighted by atomic mass is 16.5. The fourth-order valence-electron chi connectivity index (χ4n) is 2.45. The summed E-state index contributed by atoms with van der Waals surface area (Å²) >= 11 is 0. The molecule has 0 aliphatic carbocycles. The molecule has 1 aromatic carbocycles. The summed E-state index contributed by atoms with van der Waals surface area (Å²) in [4.78, 5) is 4.51. The first kappa shape index (κ1) is 13.7. The molecule has 0 N–H and O–H groups in total. The van der Waals surface area contributed by atoms with Crippen LogP contribution in [-0.2, 0) is 0 Å². The van der Waals surface area contributed by atoms with Gasteiger partial charge in [0.25, 0.3) is 0 Å². The zero-order chi connectivity index (χ0) is 13.7. The van der Waals surface area contributed by atoms with Crippen LogP contribution in [0.15, 0.2) is 24.3 Å². The largest absolute Gasteiger partial charge is 0.485 e. The molecule has 0 bridgehead atoms. The van der Waals surface area contributed by atoms with Crippen LogP contribution in [0.3, 0.4) is 0 Å². The maximum Gasteiger partial charge on any atom is 0.143 e. The van der Waals surface area contributed by atoms with Crippen molar-refractivity contribution in [2.45, 2.75) is 19.4 Å². The Labute approximate surface area is 115 Å². The molecule has 4 nitrogen and oxygen atoms in total. The van der Waals surface area contributed by atoms with Gasteiger partial charge in [0.2, 0.25) is 0 Å². The minimum atomic E-state index is 0.165. The van der Waals surface area contributed by atoms with Gasteiger partial charge in [0.05, 0.1) is 18.3 Å². The van der Waals surface area contributed by atoms with Gasteiger partial charge in [-0.1, -0.05) is 12.1 Å². The first-order valence-electron chi connectivity index (χ1n) is 6.80. The van der Waals surface area contributed by atoms with Crippen LogP contribution in [0.5, 0.6) is 5.75 Å². The van der Waals surface area contributed by atoms with E-state index < -0.39 is 0 Å². The molecule has 0 fully saturated rings. The maximum absolute atomic E-state index is 8.62. The predicted molar refractivity (Wildman–Crippen MR) is 76.5 cm³/mol. The second kappa shape index (κ2) is 6.44. The molecule has 1 aromatic rings. The molecule has 1 heterocycles. The predicted octanol–water partition coefficient (Wildman–Crippen LogP) is 2.12. The second-order valence-corrected chi connectivity index (χ2v) is 4.92. The van der Waals surface area contributed by atoms with E-state index in [0.29, 0.717) is 6.42 Å². The molecule has 0 saturated heterocycles. The molecule has 0 radical (unpaired) electrons. The van der Waals surface area contributed by atoms with Crippen LogP contribution >= 0.6 is 0 Å². The lowest BCUT2D eigenvalue weighted by molar-refractivity contribution is 0.144. The van der Waals surface area contributed by atoms with Gasteiger partial charge >= 0.3 is 0 Å². The highest BCUT2D eigenvalue weighted by molar-refractivity contribution is 5.60. The first-order valence-corrected chi connectivity index (χ1v) is 6.80. The monoisotopic (exact) mass is 259 g/mol. The van der Waals surface area contributed by atoms with Gasteiger partial charge in [-0.05, 0) is 26.1 Å². The molecule has 102 valence electrons. The summed E-state index contributed by atoms with van der Waals surface area (Å²) in [6, 6.07) is 10.4. The van der Waals surface area contributed by atoms with Crippen LogP contribution in [0.1, 0.15) is 13.3 Å². The van der Waals surface area contributed by atoms with Crippen molar-refractivity contribution in [2.75, 3.05) is 38.1 Å². The lowest BCUT2D eigenvalue weighted by Gasteiger charge is -2.37. The average molecular weight is 259 g/mol. The van der Waals surface area contributed by atoms with E-state index in [1.165, 1.54) is 5.69 Å². The molecule has 0 amide bonds. The van der Waals surface area contributed by atoms with Crippen molar-refractivity contribution in [1.82, 2.24) is 4.90 Å². The first-order chi connectivity index (χ1) is 9.24. The number of para-hydroxylation sites is 2. The van der Waals surface area contributed by atoms with Crippen molar-refractivity contribution in [3.63, 3.8) is 0 Å². The molecule has 1 unspecified atom stereocenters. The third kappa shape index (κ3) is 3.39. The molecule has 1 aliphatic heterocycles. The van der Waals surface area contributed by atoms with Gasteiger partial charge in [-0.2, -0.15) is 5.26 Å². The van der Waals surface area contributed by atoms with E-state index in [9.17, 15) is 0 Å². The molecule has 4 heteroatoms. The molecule has 0 saturated carbocycles. The third-order valence-corrected chi connectivity index (χ3v) is 3.43. The number of benzene rings is 1. The summed E-state index contributed by atoms with van der Waals surface area (Å²) in [5, 5.41) is 8.62. The van der Waals surface area contributed by atoms with Crippen molar-refractivity contribution >= 4 is 5.69 Å². The van der Waals surface area contributed by atoms with Crippen LogP contribution in [0.4, 0.5) is 5.69 Å². The summed E-state index contributed by atoms with van der Waals surface area (Å²) in [6.45, 7) is 5.71. The van der Waals surface area contributed by atoms with Gasteiger partial charge in [0, 0.05) is 26.1 Å². The van der Waals surface area contributed by atoms with Gasteiger partial charge < -0.3 is 14.5 Å². The number of anilines is 1. The van der Waals surface area contributed by atoms with Crippen molar-refractivity contribution in [1.29, 1.82) is 5.26 Å². The van der Waals surface area contributed by atoms with Crippen LogP contribution in [0.25, 0.3) is 0 Å². The standard InChI is InChI=1S/C15H21N3O/c1-3-18-12-13(11-17(2)10-6-9-16)19-15-8-5-4-7-14(15)18/h4-5,7-8,13H,3,6,10-12H2,1-2H3. The summed E-state index contributed by atoms with van der Waals surface area (Å²) in [6.07, 6.45) is 0.732. The van der Waals surface area contributed by atoms with E-state index in [2.05, 4.69) is 28.9 Å². The minimum Gasteiger partial charge on any atom is -0.485 e. The molecule has 19 heavy (non-hydrogen) atoms. The zero-order valence-electron chi connectivity index (χ0n) is 11.7. The van der Waals surface area contributed by atoms with E-state index in [1.807, 2.05) is 25.2 Å². The van der Waals surface area contributed by atoms with Crippen LogP contribution in [0, 0.1) is 11.3 Å². The molecule has 1 atom stereocenters. The van der Waals surface area contributed by atoms with Crippen molar-refractivity contribution < 1.29 is 4.74 Å². The Balaban J connectivity index is 2.01. The second-order valence-electron chi connectivity index (χ2n) is 4.92. The van der Waals surface area contributed by atoms with Gasteiger partial charge in [-0.25, -0.2) is 0 Å². The summed E-state index contributed by atoms with van der Waals surface area (Å²) in [5.41, 5.74) is 1.18. The molecule has 0 spiro atoms. The Morgan fingerprint density at radius 3 is 3.00 bits per heavy atom. The number of hydrogen-bond donors (Lipinski definition) is 0. The number of likely N-dealkylation sites (N-methyl/N-ethyl adjacent to an activating group) is 2. The summed E-state index contributed by atoms with van der Waals surface area (Å²) < 4.78 is 6.05. The van der Waals surface area contributed by atoms with Gasteiger partial charge in [0.15, 0.2) is 0 Å². The van der Waals surface area contributed by atoms with E-state index >= 15 is 0 Å². The Morgan fingerprint density at radius 2 is 2.26 bits per heavy atom. The Bertz CT molecular complexity index is 455. The highest BCUT2D eigenvalue weighted by Gasteiger charge is 2.25. The van der Waals surface area contributed by atoms with Crippen LogP contribution in [0.2, 0.25) is 0 Å². The third-order valence-electron chi connectivity index (χ3n) is 3.43. The van der Waals surface area contributed by atoms with E-state index in [-0.39, 0.29) is 6.10 Å². The molecular weight excluding hydrogens is 238 g/mol. The van der Waals surface area contributed by atoms with Crippen molar-refractivity contribution in [3.8, 4) is 11.8 Å². The average Bonchev–Trinajstić information content (AvgIpc) is 2.44. The normalized spacial score (nSPS) is 17.8. The SMILES string of the molecule is CCN1CC(CN(C)CCC#N)Oc2ccccc21. The lowest BCUT2D eigenvalue weighted by atomic mass is 10.2. The van der Waals surface area contributed by atoms with Gasteiger partial charge in [-0.3, -0.25) is 0 Å². The fraction of sp³-hybridized carbons (Fsp3) is 0.533. The minimum absolute atomic E-state index is 0.165. The summed E-state index contributed by atoms with van der Waals surface area (Å²) in [5.74, 6) is 0.967. The summed E-state index contributed by atoms with van der Waals surface area (Å²) in [7, 11) is 2.04. The topological polar surface area (TPSA) is 39.5 Å². The van der Waals surface area contributed by atoms with Gasteiger partial charge in [-0.15, -0.1) is 0 Å². The number of hydrogen-bond acceptors (Lipinski definition) is 4. The Hall–Kier alpha value is -1.73. The lowest BCUT2D eigenvalue weighted by Crippen LogP contribution is -2.45. The van der Waals surface area contributed by atoms with E-state index in [0.717, 1.165) is 31.9 Å². The van der Waals surface area contributed by atoms with Crippen LogP contribution in [-0.4, -0.2) is 44.2 Å². The van der Waals surface area contributed by atoms with E-state index in [4.69, 9.17) is 10.00 Å². The van der Waals surface area contributed by atoms with Gasteiger partial charge in [0.1, 0.15) is 11.9 Å². The molecular formula is C15H21N3O. The molecule has 0 aromatic heterocycles. The maximum atomic E-state index is 8.62. The molecule has 2 rings (SSSR count). The zero-order valence-corrected chi connectivity index (χ0v) is 11.7. The quantitative estimate of drug-likeness (QED) is 0.812. The number of rotatable bonds is 5. The van der Waals surface area contributed by atoms with E-state index in [1.54, 1.807) is 0 Å². The number of nitriles is 1. The Kier molecular flexibility index (Phi) is 4.64. The van der Waals surface area contributed by atoms with Crippen molar-refractivity contribution in [3.05, 3.63) is 24.3 Å². The molecule has 1 aliphatic rings. The number of ether oxygens (including phenoxy) is 1. The smallest absolute Gasteiger partial charge is 0.143 e. The fourth-order valence-corrected chi connectivity index (χ4v) is 2.45. The van der Waals surface area contributed by atoms with Crippen molar-refractivity contribution in [2.24, 2.45) is 0 Å². The van der Waals surface area contributed by atoms with Crippen LogP contribution < -0.4 is 9.64 Å². The highest BCUT2D eigenvalue weighted by Crippen LogP contribution is 2.32. The number of nitrogens with zero attached hydrogens (tertiary/aromatic N) is 3.